The Kier molecular flexibility index (Phi) is 5.92. The van der Waals surface area contributed by atoms with Gasteiger partial charge in [0, 0.05) is 29.0 Å². The number of H-pyrrole nitrogens is 1. The van der Waals surface area contributed by atoms with E-state index in [-0.39, 0.29) is 17.2 Å². The molecule has 0 aliphatic rings. The van der Waals surface area contributed by atoms with Gasteiger partial charge < -0.3 is 10.3 Å². The summed E-state index contributed by atoms with van der Waals surface area (Å²) >= 11 is 7.11. The Hall–Kier alpha value is -3.03. The van der Waals surface area contributed by atoms with Gasteiger partial charge in [-0.25, -0.2) is 4.98 Å². The molecule has 0 saturated carbocycles. The van der Waals surface area contributed by atoms with Crippen molar-refractivity contribution in [1.82, 2.24) is 14.5 Å². The van der Waals surface area contributed by atoms with Gasteiger partial charge in [0.1, 0.15) is 11.0 Å². The van der Waals surface area contributed by atoms with Crippen LogP contribution in [0.5, 0.6) is 0 Å². The first-order valence-corrected chi connectivity index (χ1v) is 10.8. The van der Waals surface area contributed by atoms with E-state index in [9.17, 15) is 9.59 Å². The molecule has 1 amide bonds. The second kappa shape index (κ2) is 8.77. The largest absolute Gasteiger partial charge is 0.355 e. The van der Waals surface area contributed by atoms with Gasteiger partial charge in [0.2, 0.25) is 5.91 Å². The standard InChI is InChI=1S/C22H19ClN4O2S/c1-2-27-21(29)20-19(17(12-24-20)14-6-4-3-5-7-14)26-22(27)30-13-18(28)25-16-10-8-15(23)9-11-16/h3-12,24H,2,13H2,1H3,(H,25,28). The van der Waals surface area contributed by atoms with Crippen molar-refractivity contribution in [2.75, 3.05) is 11.1 Å². The quantitative estimate of drug-likeness (QED) is 0.335. The number of anilines is 1. The normalized spacial score (nSPS) is 11.0. The van der Waals surface area contributed by atoms with E-state index < -0.39 is 0 Å². The topological polar surface area (TPSA) is 79.8 Å². The second-order valence-electron chi connectivity index (χ2n) is 6.58. The van der Waals surface area contributed by atoms with Crippen molar-refractivity contribution in [3.05, 3.63) is 76.2 Å². The minimum atomic E-state index is -0.184. The number of aromatic amines is 1. The Morgan fingerprint density at radius 3 is 2.60 bits per heavy atom. The second-order valence-corrected chi connectivity index (χ2v) is 7.96. The van der Waals surface area contributed by atoms with Crippen molar-refractivity contribution in [1.29, 1.82) is 0 Å². The van der Waals surface area contributed by atoms with Gasteiger partial charge in [-0.05, 0) is 36.8 Å². The summed E-state index contributed by atoms with van der Waals surface area (Å²) in [4.78, 5) is 33.1. The molecule has 0 spiro atoms. The van der Waals surface area contributed by atoms with Gasteiger partial charge in [-0.3, -0.25) is 14.2 Å². The van der Waals surface area contributed by atoms with Crippen LogP contribution in [0.4, 0.5) is 5.69 Å². The van der Waals surface area contributed by atoms with Gasteiger partial charge in [0.05, 0.1) is 5.75 Å². The SMILES string of the molecule is CCn1c(SCC(=O)Nc2ccc(Cl)cc2)nc2c(-c3ccccc3)c[nH]c2c1=O. The molecule has 8 heteroatoms. The highest BCUT2D eigenvalue weighted by molar-refractivity contribution is 7.99. The van der Waals surface area contributed by atoms with Crippen LogP contribution in [0.15, 0.2) is 70.7 Å². The molecule has 0 unspecified atom stereocenters. The number of carbonyl (C=O) groups is 1. The molecule has 0 bridgehead atoms. The Morgan fingerprint density at radius 1 is 1.17 bits per heavy atom. The zero-order valence-corrected chi connectivity index (χ0v) is 17.8. The monoisotopic (exact) mass is 438 g/mol. The molecule has 0 aliphatic heterocycles. The van der Waals surface area contributed by atoms with Crippen molar-refractivity contribution in [2.45, 2.75) is 18.6 Å². The fourth-order valence-corrected chi connectivity index (χ4v) is 4.14. The van der Waals surface area contributed by atoms with Crippen LogP contribution < -0.4 is 10.9 Å². The summed E-state index contributed by atoms with van der Waals surface area (Å²) in [6.07, 6.45) is 1.80. The number of hydrogen-bond donors (Lipinski definition) is 2. The number of rotatable bonds is 6. The highest BCUT2D eigenvalue weighted by Gasteiger charge is 2.17. The lowest BCUT2D eigenvalue weighted by Crippen LogP contribution is -2.23. The maximum absolute atomic E-state index is 13.0. The lowest BCUT2D eigenvalue weighted by molar-refractivity contribution is -0.113. The van der Waals surface area contributed by atoms with Crippen molar-refractivity contribution in [3.63, 3.8) is 0 Å². The van der Waals surface area contributed by atoms with E-state index in [1.54, 1.807) is 35.0 Å². The highest BCUT2D eigenvalue weighted by atomic mass is 35.5. The van der Waals surface area contributed by atoms with Gasteiger partial charge in [-0.15, -0.1) is 0 Å². The smallest absolute Gasteiger partial charge is 0.278 e. The maximum Gasteiger partial charge on any atom is 0.278 e. The third kappa shape index (κ3) is 4.13. The summed E-state index contributed by atoms with van der Waals surface area (Å²) in [7, 11) is 0. The molecule has 0 atom stereocenters. The van der Waals surface area contributed by atoms with Crippen LogP contribution in [0.25, 0.3) is 22.2 Å². The van der Waals surface area contributed by atoms with Crippen LogP contribution >= 0.6 is 23.4 Å². The summed E-state index contributed by atoms with van der Waals surface area (Å²) in [6, 6.07) is 16.7. The van der Waals surface area contributed by atoms with E-state index >= 15 is 0 Å². The molecule has 0 aliphatic carbocycles. The molecule has 2 aromatic heterocycles. The summed E-state index contributed by atoms with van der Waals surface area (Å²) in [6.45, 7) is 2.34. The number of benzene rings is 2. The first-order valence-electron chi connectivity index (χ1n) is 9.42. The predicted octanol–water partition coefficient (Wildman–Crippen LogP) is 4.80. The third-order valence-electron chi connectivity index (χ3n) is 4.61. The molecule has 0 fully saturated rings. The van der Waals surface area contributed by atoms with Crippen LogP contribution in [0.3, 0.4) is 0 Å². The zero-order chi connectivity index (χ0) is 21.1. The Balaban J connectivity index is 1.62. The zero-order valence-electron chi connectivity index (χ0n) is 16.2. The average Bonchev–Trinajstić information content (AvgIpc) is 3.19. The fourth-order valence-electron chi connectivity index (χ4n) is 3.16. The molecule has 6 nitrogen and oxygen atoms in total. The van der Waals surface area contributed by atoms with Crippen LogP contribution in [0.1, 0.15) is 6.92 Å². The molecular formula is C22H19ClN4O2S. The van der Waals surface area contributed by atoms with E-state index in [1.807, 2.05) is 37.3 Å². The van der Waals surface area contributed by atoms with E-state index in [4.69, 9.17) is 16.6 Å². The average molecular weight is 439 g/mol. The van der Waals surface area contributed by atoms with E-state index in [0.717, 1.165) is 11.1 Å². The molecule has 2 N–H and O–H groups in total. The number of carbonyl (C=O) groups excluding carboxylic acids is 1. The van der Waals surface area contributed by atoms with Crippen molar-refractivity contribution >= 4 is 46.0 Å². The van der Waals surface area contributed by atoms with Gasteiger partial charge >= 0.3 is 0 Å². The molecule has 2 aromatic carbocycles. The number of halogens is 1. The van der Waals surface area contributed by atoms with Crippen LogP contribution in [0, 0.1) is 0 Å². The number of nitrogens with zero attached hydrogens (tertiary/aromatic N) is 2. The Morgan fingerprint density at radius 2 is 1.90 bits per heavy atom. The third-order valence-corrected chi connectivity index (χ3v) is 5.84. The fraction of sp³-hybridized carbons (Fsp3) is 0.136. The van der Waals surface area contributed by atoms with Crippen LogP contribution in [0.2, 0.25) is 5.02 Å². The lowest BCUT2D eigenvalue weighted by atomic mass is 10.1. The highest BCUT2D eigenvalue weighted by Crippen LogP contribution is 2.27. The Bertz CT molecular complexity index is 1250. The van der Waals surface area contributed by atoms with E-state index in [0.29, 0.717) is 33.4 Å². The number of hydrogen-bond acceptors (Lipinski definition) is 4. The molecular weight excluding hydrogens is 420 g/mol. The summed E-state index contributed by atoms with van der Waals surface area (Å²) in [5.41, 5.74) is 3.42. The lowest BCUT2D eigenvalue weighted by Gasteiger charge is -2.10. The molecule has 152 valence electrons. The maximum atomic E-state index is 13.0. The number of nitrogens with one attached hydrogen (secondary N) is 2. The molecule has 0 radical (unpaired) electrons. The molecule has 0 saturated heterocycles. The minimum absolute atomic E-state index is 0.131. The van der Waals surface area contributed by atoms with Gasteiger partial charge in [0.25, 0.3) is 5.56 Å². The minimum Gasteiger partial charge on any atom is -0.355 e. The van der Waals surface area contributed by atoms with Crippen molar-refractivity contribution in [2.24, 2.45) is 0 Å². The first kappa shape index (κ1) is 20.3. The number of amides is 1. The van der Waals surface area contributed by atoms with Gasteiger partial charge in [-0.2, -0.15) is 0 Å². The van der Waals surface area contributed by atoms with E-state index in [2.05, 4.69) is 10.3 Å². The number of thioether (sulfide) groups is 1. The summed E-state index contributed by atoms with van der Waals surface area (Å²) in [5, 5.41) is 3.94. The number of fused-ring (bicyclic) bond motifs is 1. The van der Waals surface area contributed by atoms with Gasteiger partial charge in [0.15, 0.2) is 5.16 Å². The van der Waals surface area contributed by atoms with Crippen LogP contribution in [-0.4, -0.2) is 26.2 Å². The molecule has 2 heterocycles. The molecule has 4 rings (SSSR count). The summed E-state index contributed by atoms with van der Waals surface area (Å²) in [5.74, 6) is -0.0530. The van der Waals surface area contributed by atoms with Crippen molar-refractivity contribution in [3.8, 4) is 11.1 Å². The van der Waals surface area contributed by atoms with Crippen LogP contribution in [-0.2, 0) is 11.3 Å². The molecule has 4 aromatic rings. The van der Waals surface area contributed by atoms with E-state index in [1.165, 1.54) is 11.8 Å². The first-order chi connectivity index (χ1) is 14.6. The molecule has 30 heavy (non-hydrogen) atoms. The van der Waals surface area contributed by atoms with Crippen molar-refractivity contribution < 1.29 is 4.79 Å². The van der Waals surface area contributed by atoms with Gasteiger partial charge in [-0.1, -0.05) is 53.7 Å². The Labute approximate surface area is 182 Å². The predicted molar refractivity (Wildman–Crippen MR) is 122 cm³/mol. The number of aromatic nitrogens is 3. The summed E-state index contributed by atoms with van der Waals surface area (Å²) < 4.78 is 1.58.